The molecule has 0 aromatic carbocycles. The van der Waals surface area contributed by atoms with Crippen LogP contribution in [0.3, 0.4) is 0 Å². The molecule has 0 saturated carbocycles. The van der Waals surface area contributed by atoms with Gasteiger partial charge >= 0.3 is 0 Å². The van der Waals surface area contributed by atoms with Crippen molar-refractivity contribution in [3.63, 3.8) is 0 Å². The molecule has 2 aliphatic heterocycles. The predicted octanol–water partition coefficient (Wildman–Crippen LogP) is 2.06. The van der Waals surface area contributed by atoms with E-state index in [1.54, 1.807) is 19.5 Å². The minimum Gasteiger partial charge on any atom is -0.383 e. The molecule has 3 heterocycles. The smallest absolute Gasteiger partial charge is 0.255 e. The molecule has 0 unspecified atom stereocenters. The summed E-state index contributed by atoms with van der Waals surface area (Å²) in [5.74, 6) is 0.631. The topological polar surface area (TPSA) is 54.9 Å². The molecule has 2 fully saturated rings. The lowest BCUT2D eigenvalue weighted by atomic mass is 9.95. The third kappa shape index (κ3) is 5.50. The van der Waals surface area contributed by atoms with Gasteiger partial charge in [0.15, 0.2) is 0 Å². The number of rotatable bonds is 8. The van der Waals surface area contributed by atoms with Crippen LogP contribution in [0.4, 0.5) is 0 Å². The van der Waals surface area contributed by atoms with Gasteiger partial charge in [-0.2, -0.15) is 0 Å². The first-order chi connectivity index (χ1) is 12.8. The van der Waals surface area contributed by atoms with Crippen molar-refractivity contribution in [2.45, 2.75) is 31.8 Å². The summed E-state index contributed by atoms with van der Waals surface area (Å²) in [6, 6.07) is 3.68. The Morgan fingerprint density at radius 1 is 1.35 bits per heavy atom. The van der Waals surface area contributed by atoms with Crippen LogP contribution >= 0.6 is 0 Å². The van der Waals surface area contributed by atoms with Crippen LogP contribution in [0.1, 0.15) is 36.0 Å². The van der Waals surface area contributed by atoms with Crippen molar-refractivity contribution in [3.05, 3.63) is 30.1 Å². The van der Waals surface area contributed by atoms with Gasteiger partial charge in [-0.15, -0.1) is 0 Å². The number of pyridine rings is 1. The minimum atomic E-state index is 0.0791. The molecule has 0 spiro atoms. The Balaban J connectivity index is 1.58. The van der Waals surface area contributed by atoms with Crippen LogP contribution in [-0.2, 0) is 9.47 Å². The molecule has 1 aromatic rings. The summed E-state index contributed by atoms with van der Waals surface area (Å²) in [5.41, 5.74) is 0.669. The first-order valence-corrected chi connectivity index (χ1v) is 9.78. The number of hydrogen-bond donors (Lipinski definition) is 0. The van der Waals surface area contributed by atoms with E-state index in [0.717, 1.165) is 65.1 Å². The van der Waals surface area contributed by atoms with Gasteiger partial charge in [-0.1, -0.05) is 0 Å². The lowest BCUT2D eigenvalue weighted by molar-refractivity contribution is 0.0436. The van der Waals surface area contributed by atoms with Crippen molar-refractivity contribution in [3.8, 4) is 0 Å². The fourth-order valence-electron chi connectivity index (χ4n) is 3.87. The molecule has 1 aromatic heterocycles. The van der Waals surface area contributed by atoms with Crippen molar-refractivity contribution in [1.29, 1.82) is 0 Å². The van der Waals surface area contributed by atoms with Crippen LogP contribution in [0, 0.1) is 5.92 Å². The maximum Gasteiger partial charge on any atom is 0.255 e. The number of carbonyl (C=O) groups is 1. The molecule has 3 rings (SSSR count). The van der Waals surface area contributed by atoms with E-state index in [4.69, 9.17) is 9.47 Å². The van der Waals surface area contributed by atoms with Crippen LogP contribution in [0.15, 0.2) is 24.5 Å². The summed E-state index contributed by atoms with van der Waals surface area (Å²) >= 11 is 0. The van der Waals surface area contributed by atoms with E-state index in [1.165, 1.54) is 0 Å². The van der Waals surface area contributed by atoms with E-state index >= 15 is 0 Å². The van der Waals surface area contributed by atoms with E-state index in [2.05, 4.69) is 9.88 Å². The number of aromatic nitrogens is 1. The minimum absolute atomic E-state index is 0.0791. The van der Waals surface area contributed by atoms with Crippen molar-refractivity contribution in [2.24, 2.45) is 5.92 Å². The van der Waals surface area contributed by atoms with Gasteiger partial charge in [-0.05, 0) is 56.8 Å². The standard InChI is InChI=1S/C20H31N3O3/c1-25-13-11-22-9-6-17(7-10-22)15-23(16-19-5-3-12-26-19)20(24)18-4-2-8-21-14-18/h2,4,8,14,17,19H,3,5-7,9-13,15-16H2,1H3/t19-/m0/s1. The van der Waals surface area contributed by atoms with Gasteiger partial charge in [-0.25, -0.2) is 0 Å². The Kier molecular flexibility index (Phi) is 7.41. The molecule has 0 radical (unpaired) electrons. The number of hydrogen-bond acceptors (Lipinski definition) is 5. The largest absolute Gasteiger partial charge is 0.383 e. The SMILES string of the molecule is COCCN1CCC(CN(C[C@@H]2CCCO2)C(=O)c2cccnc2)CC1. The van der Waals surface area contributed by atoms with Crippen LogP contribution in [-0.4, -0.2) is 79.8 Å². The third-order valence-electron chi connectivity index (χ3n) is 5.44. The Labute approximate surface area is 156 Å². The predicted molar refractivity (Wildman–Crippen MR) is 100 cm³/mol. The highest BCUT2D eigenvalue weighted by Crippen LogP contribution is 2.21. The zero-order chi connectivity index (χ0) is 18.2. The maximum atomic E-state index is 13.0. The van der Waals surface area contributed by atoms with Gasteiger partial charge in [0, 0.05) is 45.7 Å². The van der Waals surface area contributed by atoms with Gasteiger partial charge in [0.25, 0.3) is 5.91 Å². The van der Waals surface area contributed by atoms with Crippen molar-refractivity contribution in [2.75, 3.05) is 53.0 Å². The third-order valence-corrected chi connectivity index (χ3v) is 5.44. The highest BCUT2D eigenvalue weighted by molar-refractivity contribution is 5.93. The van der Waals surface area contributed by atoms with Gasteiger partial charge in [0.2, 0.25) is 0 Å². The van der Waals surface area contributed by atoms with E-state index in [1.807, 2.05) is 17.0 Å². The van der Waals surface area contributed by atoms with Crippen molar-refractivity contribution >= 4 is 5.91 Å². The molecule has 144 valence electrons. The Hall–Kier alpha value is -1.50. The summed E-state index contributed by atoms with van der Waals surface area (Å²) in [6.45, 7) is 6.28. The molecular formula is C20H31N3O3. The van der Waals surface area contributed by atoms with Gasteiger partial charge < -0.3 is 19.3 Å². The normalized spacial score (nSPS) is 21.8. The Bertz CT molecular complexity index is 540. The lowest BCUT2D eigenvalue weighted by Gasteiger charge is -2.35. The van der Waals surface area contributed by atoms with E-state index in [9.17, 15) is 4.79 Å². The number of likely N-dealkylation sites (tertiary alicyclic amines) is 1. The number of amides is 1. The average Bonchev–Trinajstić information content (AvgIpc) is 3.20. The van der Waals surface area contributed by atoms with Gasteiger partial charge in [0.1, 0.15) is 0 Å². The van der Waals surface area contributed by atoms with Crippen LogP contribution in [0.5, 0.6) is 0 Å². The van der Waals surface area contributed by atoms with Crippen LogP contribution in [0.25, 0.3) is 0 Å². The highest BCUT2D eigenvalue weighted by Gasteiger charge is 2.27. The molecular weight excluding hydrogens is 330 g/mol. The molecule has 1 atom stereocenters. The summed E-state index contributed by atoms with van der Waals surface area (Å²) in [5, 5.41) is 0. The highest BCUT2D eigenvalue weighted by atomic mass is 16.5. The zero-order valence-electron chi connectivity index (χ0n) is 15.8. The first kappa shape index (κ1) is 19.3. The van der Waals surface area contributed by atoms with Gasteiger partial charge in [-0.3, -0.25) is 9.78 Å². The second kappa shape index (κ2) is 10.00. The van der Waals surface area contributed by atoms with Crippen LogP contribution < -0.4 is 0 Å². The zero-order valence-corrected chi connectivity index (χ0v) is 15.8. The number of ether oxygens (including phenoxy) is 2. The lowest BCUT2D eigenvalue weighted by Crippen LogP contribution is -2.44. The van der Waals surface area contributed by atoms with E-state index < -0.39 is 0 Å². The summed E-state index contributed by atoms with van der Waals surface area (Å²) in [6.07, 6.45) is 7.95. The number of carbonyl (C=O) groups excluding carboxylic acids is 1. The second-order valence-corrected chi connectivity index (χ2v) is 7.36. The van der Waals surface area contributed by atoms with Crippen molar-refractivity contribution < 1.29 is 14.3 Å². The van der Waals surface area contributed by atoms with Gasteiger partial charge in [0.05, 0.1) is 18.3 Å². The van der Waals surface area contributed by atoms with E-state index in [0.29, 0.717) is 18.0 Å². The monoisotopic (exact) mass is 361 g/mol. The van der Waals surface area contributed by atoms with Crippen LogP contribution in [0.2, 0.25) is 0 Å². The molecule has 0 N–H and O–H groups in total. The number of methoxy groups -OCH3 is 1. The van der Waals surface area contributed by atoms with E-state index in [-0.39, 0.29) is 12.0 Å². The summed E-state index contributed by atoms with van der Waals surface area (Å²) in [4.78, 5) is 21.6. The molecule has 6 nitrogen and oxygen atoms in total. The molecule has 1 amide bonds. The quantitative estimate of drug-likeness (QED) is 0.709. The fourth-order valence-corrected chi connectivity index (χ4v) is 3.87. The average molecular weight is 361 g/mol. The first-order valence-electron chi connectivity index (χ1n) is 9.78. The molecule has 2 saturated heterocycles. The Morgan fingerprint density at radius 2 is 2.19 bits per heavy atom. The Morgan fingerprint density at radius 3 is 2.85 bits per heavy atom. The fraction of sp³-hybridized carbons (Fsp3) is 0.700. The summed E-state index contributed by atoms with van der Waals surface area (Å²) in [7, 11) is 1.75. The summed E-state index contributed by atoms with van der Waals surface area (Å²) < 4.78 is 11.0. The second-order valence-electron chi connectivity index (χ2n) is 7.36. The maximum absolute atomic E-state index is 13.0. The number of nitrogens with zero attached hydrogens (tertiary/aromatic N) is 3. The molecule has 6 heteroatoms. The number of piperidine rings is 1. The van der Waals surface area contributed by atoms with Crippen molar-refractivity contribution in [1.82, 2.24) is 14.8 Å². The molecule has 0 aliphatic carbocycles. The molecule has 2 aliphatic rings. The molecule has 0 bridgehead atoms. The molecule has 26 heavy (non-hydrogen) atoms.